The Labute approximate surface area is 86.9 Å². The normalized spacial score (nSPS) is 12.6. The summed E-state index contributed by atoms with van der Waals surface area (Å²) in [6.45, 7) is 1.71. The largest absolute Gasteiger partial charge is 0.328 e. The number of nitrogens with two attached hydrogens (primary N) is 1. The third-order valence-electron chi connectivity index (χ3n) is 1.74. The zero-order chi connectivity index (χ0) is 10.7. The van der Waals surface area contributed by atoms with Gasteiger partial charge < -0.3 is 5.73 Å². The maximum Gasteiger partial charge on any atom is 0.166 e. The van der Waals surface area contributed by atoms with Crippen molar-refractivity contribution in [3.8, 4) is 0 Å². The highest BCUT2D eigenvalue weighted by atomic mass is 35.5. The monoisotopic (exact) mass is 215 g/mol. The Balaban J connectivity index is 2.94. The molecule has 0 heterocycles. The van der Waals surface area contributed by atoms with E-state index in [4.69, 9.17) is 17.3 Å². The van der Waals surface area contributed by atoms with Gasteiger partial charge in [-0.05, 0) is 25.1 Å². The number of benzene rings is 1. The Bertz CT molecular complexity index is 352. The van der Waals surface area contributed by atoms with Crippen molar-refractivity contribution in [2.45, 2.75) is 19.4 Å². The number of carbonyl (C=O) groups excluding carboxylic acids is 1. The fourth-order valence-corrected chi connectivity index (χ4v) is 1.34. The summed E-state index contributed by atoms with van der Waals surface area (Å²) < 4.78 is 12.8. The third kappa shape index (κ3) is 2.79. The van der Waals surface area contributed by atoms with E-state index in [1.54, 1.807) is 6.92 Å². The smallest absolute Gasteiger partial charge is 0.166 e. The summed E-state index contributed by atoms with van der Waals surface area (Å²) in [4.78, 5) is 11.5. The van der Waals surface area contributed by atoms with E-state index in [9.17, 15) is 9.18 Å². The molecule has 0 aliphatic heterocycles. The van der Waals surface area contributed by atoms with Crippen LogP contribution in [0.3, 0.4) is 0 Å². The first-order valence-corrected chi connectivity index (χ1v) is 4.62. The molecule has 76 valence electrons. The third-order valence-corrected chi connectivity index (χ3v) is 2.07. The van der Waals surface area contributed by atoms with Gasteiger partial charge in [0, 0.05) is 18.0 Å². The molecule has 0 spiro atoms. The van der Waals surface area contributed by atoms with E-state index in [-0.39, 0.29) is 28.8 Å². The van der Waals surface area contributed by atoms with Crippen molar-refractivity contribution in [1.29, 1.82) is 0 Å². The molecule has 0 amide bonds. The van der Waals surface area contributed by atoms with Crippen LogP contribution in [-0.2, 0) is 0 Å². The number of rotatable bonds is 3. The topological polar surface area (TPSA) is 43.1 Å². The van der Waals surface area contributed by atoms with Gasteiger partial charge >= 0.3 is 0 Å². The molecule has 0 aliphatic rings. The number of Topliss-reactive ketones (excluding diaryl/α,β-unsaturated/α-hetero) is 1. The van der Waals surface area contributed by atoms with Crippen LogP contribution >= 0.6 is 11.6 Å². The minimum absolute atomic E-state index is 0.170. The molecule has 1 aromatic carbocycles. The van der Waals surface area contributed by atoms with Crippen LogP contribution in [0.5, 0.6) is 0 Å². The molecule has 1 aromatic rings. The number of hydrogen-bond donors (Lipinski definition) is 1. The predicted molar refractivity (Wildman–Crippen MR) is 54.0 cm³/mol. The van der Waals surface area contributed by atoms with Gasteiger partial charge in [-0.1, -0.05) is 11.6 Å². The summed E-state index contributed by atoms with van der Waals surface area (Å²) in [5, 5.41) is 0.261. The molecule has 0 aliphatic carbocycles. The van der Waals surface area contributed by atoms with E-state index in [1.165, 1.54) is 12.1 Å². The molecule has 0 aromatic heterocycles. The molecule has 0 radical (unpaired) electrons. The van der Waals surface area contributed by atoms with E-state index in [1.807, 2.05) is 0 Å². The van der Waals surface area contributed by atoms with E-state index in [0.717, 1.165) is 6.07 Å². The maximum absolute atomic E-state index is 12.8. The minimum atomic E-state index is -0.470. The van der Waals surface area contributed by atoms with Gasteiger partial charge in [0.2, 0.25) is 0 Å². The highest BCUT2D eigenvalue weighted by Gasteiger charge is 2.12. The molecule has 1 atom stereocenters. The molecule has 0 bridgehead atoms. The maximum atomic E-state index is 12.8. The van der Waals surface area contributed by atoms with Gasteiger partial charge in [0.1, 0.15) is 5.82 Å². The molecule has 1 rings (SSSR count). The first-order chi connectivity index (χ1) is 6.50. The minimum Gasteiger partial charge on any atom is -0.328 e. The Hall–Kier alpha value is -0.930. The summed E-state index contributed by atoms with van der Waals surface area (Å²) in [7, 11) is 0. The molecule has 1 unspecified atom stereocenters. The number of ketones is 1. The molecule has 0 saturated carbocycles. The van der Waals surface area contributed by atoms with Crippen molar-refractivity contribution in [3.05, 3.63) is 34.6 Å². The molecule has 2 nitrogen and oxygen atoms in total. The molecule has 2 N–H and O–H groups in total. The molecule has 0 fully saturated rings. The van der Waals surface area contributed by atoms with Crippen LogP contribution in [-0.4, -0.2) is 11.8 Å². The molecule has 4 heteroatoms. The Morgan fingerprint density at radius 1 is 1.64 bits per heavy atom. The van der Waals surface area contributed by atoms with E-state index < -0.39 is 5.82 Å². The van der Waals surface area contributed by atoms with Crippen molar-refractivity contribution in [2.24, 2.45) is 5.73 Å². The van der Waals surface area contributed by atoms with Gasteiger partial charge in [-0.2, -0.15) is 0 Å². The van der Waals surface area contributed by atoms with Crippen LogP contribution in [0.4, 0.5) is 4.39 Å². The van der Waals surface area contributed by atoms with Crippen LogP contribution in [0, 0.1) is 5.82 Å². The summed E-state index contributed by atoms with van der Waals surface area (Å²) in [5.74, 6) is -0.702. The van der Waals surface area contributed by atoms with Crippen LogP contribution in [0.2, 0.25) is 5.02 Å². The second-order valence-corrected chi connectivity index (χ2v) is 3.64. The molecule has 0 saturated heterocycles. The average Bonchev–Trinajstić information content (AvgIpc) is 2.08. The highest BCUT2D eigenvalue weighted by Crippen LogP contribution is 2.18. The second-order valence-electron chi connectivity index (χ2n) is 3.23. The van der Waals surface area contributed by atoms with Crippen molar-refractivity contribution in [1.82, 2.24) is 0 Å². The Morgan fingerprint density at radius 3 is 2.86 bits per heavy atom. The summed E-state index contributed by atoms with van der Waals surface area (Å²) in [6.07, 6.45) is 0.170. The summed E-state index contributed by atoms with van der Waals surface area (Å²) in [6, 6.07) is 3.46. The van der Waals surface area contributed by atoms with Crippen LogP contribution in [0.1, 0.15) is 23.7 Å². The molecular formula is C10H11ClFNO. The van der Waals surface area contributed by atoms with Gasteiger partial charge in [-0.25, -0.2) is 4.39 Å². The first-order valence-electron chi connectivity index (χ1n) is 4.24. The number of carbonyl (C=O) groups is 1. The number of halogens is 2. The lowest BCUT2D eigenvalue weighted by Gasteiger charge is -2.05. The fourth-order valence-electron chi connectivity index (χ4n) is 1.11. The van der Waals surface area contributed by atoms with Gasteiger partial charge in [0.15, 0.2) is 5.78 Å². The fraction of sp³-hybridized carbons (Fsp3) is 0.300. The van der Waals surface area contributed by atoms with Crippen LogP contribution in [0.25, 0.3) is 0 Å². The van der Waals surface area contributed by atoms with Crippen molar-refractivity contribution in [3.63, 3.8) is 0 Å². The summed E-state index contributed by atoms with van der Waals surface area (Å²) >= 11 is 5.75. The number of hydrogen-bond acceptors (Lipinski definition) is 2. The van der Waals surface area contributed by atoms with Crippen molar-refractivity contribution >= 4 is 17.4 Å². The van der Waals surface area contributed by atoms with Gasteiger partial charge in [0.05, 0.1) is 5.02 Å². The van der Waals surface area contributed by atoms with Crippen LogP contribution < -0.4 is 5.73 Å². The zero-order valence-corrected chi connectivity index (χ0v) is 8.51. The quantitative estimate of drug-likeness (QED) is 0.787. The van der Waals surface area contributed by atoms with Gasteiger partial charge in [-0.15, -0.1) is 0 Å². The second kappa shape index (κ2) is 4.53. The van der Waals surface area contributed by atoms with E-state index in [0.29, 0.717) is 0 Å². The molecule has 14 heavy (non-hydrogen) atoms. The zero-order valence-electron chi connectivity index (χ0n) is 7.76. The molecular weight excluding hydrogens is 205 g/mol. The Morgan fingerprint density at radius 2 is 2.29 bits per heavy atom. The van der Waals surface area contributed by atoms with Gasteiger partial charge in [-0.3, -0.25) is 4.79 Å². The lowest BCUT2D eigenvalue weighted by atomic mass is 10.1. The predicted octanol–water partition coefficient (Wildman–Crippen LogP) is 2.40. The summed E-state index contributed by atoms with van der Waals surface area (Å²) in [5.41, 5.74) is 5.66. The average molecular weight is 216 g/mol. The lowest BCUT2D eigenvalue weighted by Crippen LogP contribution is -2.19. The van der Waals surface area contributed by atoms with Crippen molar-refractivity contribution < 1.29 is 9.18 Å². The first kappa shape index (κ1) is 11.1. The SMILES string of the molecule is CC(N)CC(=O)c1cc(F)ccc1Cl. The van der Waals surface area contributed by atoms with E-state index >= 15 is 0 Å². The lowest BCUT2D eigenvalue weighted by molar-refractivity contribution is 0.0976. The standard InChI is InChI=1S/C10H11ClFNO/c1-6(13)4-10(14)8-5-7(12)2-3-9(8)11/h2-3,5-6H,4,13H2,1H3. The van der Waals surface area contributed by atoms with E-state index in [2.05, 4.69) is 0 Å². The Kier molecular flexibility index (Phi) is 3.61. The van der Waals surface area contributed by atoms with Crippen molar-refractivity contribution in [2.75, 3.05) is 0 Å². The van der Waals surface area contributed by atoms with Crippen LogP contribution in [0.15, 0.2) is 18.2 Å². The van der Waals surface area contributed by atoms with Gasteiger partial charge in [0.25, 0.3) is 0 Å². The highest BCUT2D eigenvalue weighted by molar-refractivity contribution is 6.33.